The van der Waals surface area contributed by atoms with Crippen LogP contribution in [0.1, 0.15) is 10.4 Å². The summed E-state index contributed by atoms with van der Waals surface area (Å²) in [5, 5.41) is 0. The number of ether oxygens (including phenoxy) is 1. The molecule has 1 saturated heterocycles. The molecule has 1 fully saturated rings. The molecular weight excluding hydrogens is 204 g/mol. The van der Waals surface area contributed by atoms with Crippen LogP contribution >= 0.6 is 0 Å². The van der Waals surface area contributed by atoms with Gasteiger partial charge in [-0.25, -0.2) is 0 Å². The monoisotopic (exact) mass is 220 g/mol. The van der Waals surface area contributed by atoms with Crippen LogP contribution in [0.15, 0.2) is 24.3 Å². The molecule has 4 heteroatoms. The average Bonchev–Trinajstić information content (AvgIpc) is 2.27. The second-order valence-electron chi connectivity index (χ2n) is 4.08. The van der Waals surface area contributed by atoms with Crippen molar-refractivity contribution in [1.29, 1.82) is 0 Å². The Morgan fingerprint density at radius 1 is 1.50 bits per heavy atom. The maximum absolute atomic E-state index is 11.6. The number of Topliss-reactive ketones (excluding diaryl/α,β-unsaturated/α-hetero) is 1. The lowest BCUT2D eigenvalue weighted by molar-refractivity contribution is 0.0381. The summed E-state index contributed by atoms with van der Waals surface area (Å²) in [5.41, 5.74) is 5.94. The van der Waals surface area contributed by atoms with Crippen LogP contribution in [0.2, 0.25) is 0 Å². The Labute approximate surface area is 95.0 Å². The second-order valence-corrected chi connectivity index (χ2v) is 4.08. The van der Waals surface area contributed by atoms with E-state index in [0.717, 1.165) is 13.1 Å². The van der Waals surface area contributed by atoms with E-state index in [9.17, 15) is 4.79 Å². The molecule has 16 heavy (non-hydrogen) atoms. The van der Waals surface area contributed by atoms with Gasteiger partial charge in [-0.3, -0.25) is 9.69 Å². The van der Waals surface area contributed by atoms with Gasteiger partial charge in [-0.2, -0.15) is 0 Å². The van der Waals surface area contributed by atoms with Crippen LogP contribution in [-0.2, 0) is 0 Å². The molecule has 1 aliphatic heterocycles. The fourth-order valence-electron chi connectivity index (χ4n) is 1.81. The van der Waals surface area contributed by atoms with Gasteiger partial charge < -0.3 is 10.5 Å². The molecule has 4 nitrogen and oxygen atoms in total. The standard InChI is InChI=1S/C12H16N2O2/c1-14-7-9(8-14)16-12-5-3-2-4-10(12)11(15)6-13/h2-5,9H,6-8,13H2,1H3. The molecule has 0 aliphatic carbocycles. The highest BCUT2D eigenvalue weighted by Gasteiger charge is 2.26. The second kappa shape index (κ2) is 4.63. The number of para-hydroxylation sites is 1. The molecule has 0 amide bonds. The van der Waals surface area contributed by atoms with Crippen molar-refractivity contribution in [3.8, 4) is 5.75 Å². The zero-order chi connectivity index (χ0) is 11.5. The van der Waals surface area contributed by atoms with Crippen molar-refractivity contribution in [1.82, 2.24) is 4.90 Å². The smallest absolute Gasteiger partial charge is 0.180 e. The van der Waals surface area contributed by atoms with E-state index in [1.165, 1.54) is 0 Å². The highest BCUT2D eigenvalue weighted by atomic mass is 16.5. The molecule has 1 aliphatic rings. The van der Waals surface area contributed by atoms with Gasteiger partial charge in [-0.1, -0.05) is 12.1 Å². The van der Waals surface area contributed by atoms with Crippen molar-refractivity contribution in [2.24, 2.45) is 5.73 Å². The van der Waals surface area contributed by atoms with Crippen molar-refractivity contribution in [2.75, 3.05) is 26.7 Å². The van der Waals surface area contributed by atoms with Crippen molar-refractivity contribution < 1.29 is 9.53 Å². The number of carbonyl (C=O) groups is 1. The number of nitrogens with two attached hydrogens (primary N) is 1. The number of nitrogens with zero attached hydrogens (tertiary/aromatic N) is 1. The van der Waals surface area contributed by atoms with Crippen LogP contribution in [0.5, 0.6) is 5.75 Å². The van der Waals surface area contributed by atoms with Gasteiger partial charge in [-0.15, -0.1) is 0 Å². The van der Waals surface area contributed by atoms with E-state index < -0.39 is 0 Å². The molecule has 0 radical (unpaired) electrons. The number of rotatable bonds is 4. The number of benzene rings is 1. The first-order valence-electron chi connectivity index (χ1n) is 5.38. The molecule has 0 saturated carbocycles. The van der Waals surface area contributed by atoms with E-state index in [1.54, 1.807) is 6.07 Å². The van der Waals surface area contributed by atoms with Crippen LogP contribution in [0, 0.1) is 0 Å². The lowest BCUT2D eigenvalue weighted by Gasteiger charge is -2.36. The normalized spacial score (nSPS) is 16.9. The fraction of sp³-hybridized carbons (Fsp3) is 0.417. The Kier molecular flexibility index (Phi) is 3.22. The maximum Gasteiger partial charge on any atom is 0.180 e. The first-order valence-corrected chi connectivity index (χ1v) is 5.38. The summed E-state index contributed by atoms with van der Waals surface area (Å²) < 4.78 is 5.76. The van der Waals surface area contributed by atoms with Gasteiger partial charge in [0, 0.05) is 13.1 Å². The van der Waals surface area contributed by atoms with E-state index in [2.05, 4.69) is 4.90 Å². The van der Waals surface area contributed by atoms with Crippen LogP contribution in [0.25, 0.3) is 0 Å². The molecular formula is C12H16N2O2. The summed E-state index contributed by atoms with van der Waals surface area (Å²) in [6.07, 6.45) is 0.191. The third-order valence-electron chi connectivity index (χ3n) is 2.70. The van der Waals surface area contributed by atoms with Gasteiger partial charge >= 0.3 is 0 Å². The lowest BCUT2D eigenvalue weighted by atomic mass is 10.1. The largest absolute Gasteiger partial charge is 0.487 e. The van der Waals surface area contributed by atoms with E-state index in [1.807, 2.05) is 25.2 Å². The van der Waals surface area contributed by atoms with Crippen LogP contribution in [0.4, 0.5) is 0 Å². The summed E-state index contributed by atoms with van der Waals surface area (Å²) in [7, 11) is 2.04. The summed E-state index contributed by atoms with van der Waals surface area (Å²) >= 11 is 0. The van der Waals surface area contributed by atoms with Gasteiger partial charge in [0.25, 0.3) is 0 Å². The molecule has 2 N–H and O–H groups in total. The number of likely N-dealkylation sites (N-methyl/N-ethyl adjacent to an activating group) is 1. The minimum Gasteiger partial charge on any atom is -0.487 e. The highest BCUT2D eigenvalue weighted by molar-refractivity contribution is 5.99. The van der Waals surface area contributed by atoms with Crippen LogP contribution in [-0.4, -0.2) is 43.5 Å². The Morgan fingerprint density at radius 2 is 2.19 bits per heavy atom. The molecule has 0 bridgehead atoms. The summed E-state index contributed by atoms with van der Waals surface area (Å²) in [6.45, 7) is 1.83. The molecule has 1 aromatic carbocycles. The van der Waals surface area contributed by atoms with Gasteiger partial charge in [0.1, 0.15) is 11.9 Å². The number of carbonyl (C=O) groups excluding carboxylic acids is 1. The molecule has 2 rings (SSSR count). The van der Waals surface area contributed by atoms with Gasteiger partial charge in [-0.05, 0) is 19.2 Å². The summed E-state index contributed by atoms with van der Waals surface area (Å²) in [5.74, 6) is 0.569. The van der Waals surface area contributed by atoms with Gasteiger partial charge in [0.05, 0.1) is 12.1 Å². The SMILES string of the molecule is CN1CC(Oc2ccccc2C(=O)CN)C1. The lowest BCUT2D eigenvalue weighted by Crippen LogP contribution is -2.51. The van der Waals surface area contributed by atoms with Gasteiger partial charge in [0.2, 0.25) is 0 Å². The van der Waals surface area contributed by atoms with Crippen molar-refractivity contribution in [2.45, 2.75) is 6.10 Å². The minimum atomic E-state index is -0.0803. The summed E-state index contributed by atoms with van der Waals surface area (Å²) in [4.78, 5) is 13.7. The van der Waals surface area contributed by atoms with E-state index in [4.69, 9.17) is 10.5 Å². The molecule has 0 atom stereocenters. The zero-order valence-electron chi connectivity index (χ0n) is 9.35. The third-order valence-corrected chi connectivity index (χ3v) is 2.70. The molecule has 1 aromatic rings. The summed E-state index contributed by atoms with van der Waals surface area (Å²) in [6, 6.07) is 7.27. The Morgan fingerprint density at radius 3 is 2.81 bits per heavy atom. The van der Waals surface area contributed by atoms with Gasteiger partial charge in [0.15, 0.2) is 5.78 Å². The predicted molar refractivity (Wildman–Crippen MR) is 61.7 cm³/mol. The zero-order valence-corrected chi connectivity index (χ0v) is 9.35. The fourth-order valence-corrected chi connectivity index (χ4v) is 1.81. The van der Waals surface area contributed by atoms with Crippen molar-refractivity contribution >= 4 is 5.78 Å². The Balaban J connectivity index is 2.10. The van der Waals surface area contributed by atoms with Crippen molar-refractivity contribution in [3.05, 3.63) is 29.8 Å². The molecule has 86 valence electrons. The number of hydrogen-bond acceptors (Lipinski definition) is 4. The molecule has 0 spiro atoms. The Bertz CT molecular complexity index is 386. The number of hydrogen-bond donors (Lipinski definition) is 1. The molecule has 0 unspecified atom stereocenters. The minimum absolute atomic E-state index is 0.0188. The highest BCUT2D eigenvalue weighted by Crippen LogP contribution is 2.22. The van der Waals surface area contributed by atoms with Crippen molar-refractivity contribution in [3.63, 3.8) is 0 Å². The number of ketones is 1. The topological polar surface area (TPSA) is 55.6 Å². The Hall–Kier alpha value is -1.39. The molecule has 0 aromatic heterocycles. The average molecular weight is 220 g/mol. The number of likely N-dealkylation sites (tertiary alicyclic amines) is 1. The maximum atomic E-state index is 11.6. The van der Waals surface area contributed by atoms with E-state index >= 15 is 0 Å². The van der Waals surface area contributed by atoms with E-state index in [-0.39, 0.29) is 18.4 Å². The predicted octanol–water partition coefficient (Wildman–Crippen LogP) is 0.521. The van der Waals surface area contributed by atoms with E-state index in [0.29, 0.717) is 11.3 Å². The van der Waals surface area contributed by atoms with Crippen LogP contribution < -0.4 is 10.5 Å². The first kappa shape index (κ1) is 11.1. The first-order chi connectivity index (χ1) is 7.70. The van der Waals surface area contributed by atoms with Crippen LogP contribution in [0.3, 0.4) is 0 Å². The molecule has 1 heterocycles. The third kappa shape index (κ3) is 2.23. The quantitative estimate of drug-likeness (QED) is 0.752.